The Morgan fingerprint density at radius 2 is 2.12 bits per heavy atom. The fourth-order valence-electron chi connectivity index (χ4n) is 4.04. The van der Waals surface area contributed by atoms with Crippen LogP contribution in [0.15, 0.2) is 28.0 Å². The molecule has 1 saturated carbocycles. The minimum Gasteiger partial charge on any atom is -0.356 e. The number of hydrogen-bond acceptors (Lipinski definition) is 2. The van der Waals surface area contributed by atoms with Gasteiger partial charge in [-0.25, -0.2) is 0 Å². The summed E-state index contributed by atoms with van der Waals surface area (Å²) in [5.74, 6) is 1.05. The van der Waals surface area contributed by atoms with Crippen LogP contribution in [0.25, 0.3) is 0 Å². The molecule has 0 unspecified atom stereocenters. The number of likely N-dealkylation sites (tertiary alicyclic amines) is 1. The van der Waals surface area contributed by atoms with Gasteiger partial charge in [-0.15, -0.1) is 0 Å². The third kappa shape index (κ3) is 3.65. The number of rotatable bonds is 5. The van der Waals surface area contributed by atoms with Crippen molar-refractivity contribution in [2.24, 2.45) is 10.4 Å². The van der Waals surface area contributed by atoms with E-state index >= 15 is 0 Å². The molecule has 0 amide bonds. The molecule has 1 saturated heterocycles. The van der Waals surface area contributed by atoms with Gasteiger partial charge in [-0.2, -0.15) is 0 Å². The summed E-state index contributed by atoms with van der Waals surface area (Å²) in [6.45, 7) is 6.00. The van der Waals surface area contributed by atoms with Crippen molar-refractivity contribution in [3.63, 3.8) is 0 Å². The molecule has 1 aliphatic heterocycles. The molecule has 0 radical (unpaired) electrons. The summed E-state index contributed by atoms with van der Waals surface area (Å²) in [7, 11) is 1.88. The first-order valence-corrected chi connectivity index (χ1v) is 9.26. The molecule has 0 bridgehead atoms. The molecular formula is C19H30N4O. The molecule has 24 heavy (non-hydrogen) atoms. The number of aromatic nitrogens is 1. The molecule has 2 aliphatic rings. The molecule has 3 rings (SSSR count). The number of pyridine rings is 1. The third-order valence-electron chi connectivity index (χ3n) is 5.72. The minimum absolute atomic E-state index is 0.0987. The average molecular weight is 330 g/mol. The lowest BCUT2D eigenvalue weighted by molar-refractivity contribution is 0.151. The van der Waals surface area contributed by atoms with Crippen molar-refractivity contribution in [2.45, 2.75) is 52.0 Å². The molecule has 1 aliphatic carbocycles. The van der Waals surface area contributed by atoms with Crippen molar-refractivity contribution >= 4 is 5.96 Å². The van der Waals surface area contributed by atoms with E-state index < -0.39 is 0 Å². The lowest BCUT2D eigenvalue weighted by Gasteiger charge is -2.38. The second-order valence-electron chi connectivity index (χ2n) is 7.36. The van der Waals surface area contributed by atoms with Gasteiger partial charge in [-0.05, 0) is 50.5 Å². The smallest absolute Gasteiger partial charge is 0.250 e. The van der Waals surface area contributed by atoms with Crippen LogP contribution in [-0.4, -0.2) is 42.1 Å². The Morgan fingerprint density at radius 1 is 1.29 bits per heavy atom. The summed E-state index contributed by atoms with van der Waals surface area (Å²) < 4.78 is 1.86. The molecule has 5 heteroatoms. The Kier molecular flexibility index (Phi) is 5.27. The SMILES string of the molecule is CN=C(NCCCCn1c(C)cccc1=O)N1CCC2(CCC2)C1. The normalized spacial score (nSPS) is 19.6. The van der Waals surface area contributed by atoms with Crippen LogP contribution in [0.2, 0.25) is 0 Å². The topological polar surface area (TPSA) is 49.6 Å². The van der Waals surface area contributed by atoms with Crippen LogP contribution < -0.4 is 10.9 Å². The van der Waals surface area contributed by atoms with Crippen LogP contribution in [0, 0.1) is 12.3 Å². The van der Waals surface area contributed by atoms with Gasteiger partial charge in [-0.1, -0.05) is 12.5 Å². The van der Waals surface area contributed by atoms with E-state index in [0.717, 1.165) is 44.1 Å². The number of aryl methyl sites for hydroxylation is 1. The van der Waals surface area contributed by atoms with Crippen LogP contribution in [0.5, 0.6) is 0 Å². The van der Waals surface area contributed by atoms with Crippen molar-refractivity contribution < 1.29 is 0 Å². The number of nitrogens with one attached hydrogen (secondary N) is 1. The largest absolute Gasteiger partial charge is 0.356 e. The fourth-order valence-corrected chi connectivity index (χ4v) is 4.04. The number of guanidine groups is 1. The highest BCUT2D eigenvalue weighted by Crippen LogP contribution is 2.47. The minimum atomic E-state index is 0.0987. The molecule has 1 aromatic heterocycles. The van der Waals surface area contributed by atoms with E-state index in [4.69, 9.17) is 0 Å². The Balaban J connectivity index is 1.40. The summed E-state index contributed by atoms with van der Waals surface area (Å²) in [4.78, 5) is 18.7. The van der Waals surface area contributed by atoms with Crippen LogP contribution in [0.1, 0.15) is 44.2 Å². The highest BCUT2D eigenvalue weighted by atomic mass is 16.1. The lowest BCUT2D eigenvalue weighted by Crippen LogP contribution is -2.42. The van der Waals surface area contributed by atoms with E-state index in [2.05, 4.69) is 15.2 Å². The third-order valence-corrected chi connectivity index (χ3v) is 5.72. The van der Waals surface area contributed by atoms with Crippen molar-refractivity contribution in [3.8, 4) is 0 Å². The zero-order chi connectivity index (χ0) is 17.0. The maximum atomic E-state index is 11.8. The number of hydrogen-bond donors (Lipinski definition) is 1. The molecule has 1 N–H and O–H groups in total. The van der Waals surface area contributed by atoms with Gasteiger partial charge in [0.05, 0.1) is 0 Å². The predicted molar refractivity (Wildman–Crippen MR) is 98.5 cm³/mol. The summed E-state index contributed by atoms with van der Waals surface area (Å²) in [5, 5.41) is 3.50. The number of unbranched alkanes of at least 4 members (excludes halogenated alkanes) is 1. The second-order valence-corrected chi connectivity index (χ2v) is 7.36. The van der Waals surface area contributed by atoms with Crippen molar-refractivity contribution in [1.29, 1.82) is 0 Å². The van der Waals surface area contributed by atoms with Crippen LogP contribution in [-0.2, 0) is 6.54 Å². The first-order valence-electron chi connectivity index (χ1n) is 9.26. The summed E-state index contributed by atoms with van der Waals surface area (Å²) >= 11 is 0. The zero-order valence-electron chi connectivity index (χ0n) is 15.1. The summed E-state index contributed by atoms with van der Waals surface area (Å²) in [6.07, 6.45) is 7.55. The van der Waals surface area contributed by atoms with Gasteiger partial charge in [0, 0.05) is 45.0 Å². The Hall–Kier alpha value is -1.78. The van der Waals surface area contributed by atoms with Crippen LogP contribution in [0.3, 0.4) is 0 Å². The first-order chi connectivity index (χ1) is 11.6. The van der Waals surface area contributed by atoms with Gasteiger partial charge in [0.2, 0.25) is 0 Å². The highest BCUT2D eigenvalue weighted by Gasteiger charge is 2.43. The van der Waals surface area contributed by atoms with Gasteiger partial charge in [0.15, 0.2) is 5.96 Å². The maximum Gasteiger partial charge on any atom is 0.250 e. The highest BCUT2D eigenvalue weighted by molar-refractivity contribution is 5.80. The van der Waals surface area contributed by atoms with Crippen molar-refractivity contribution in [1.82, 2.24) is 14.8 Å². The Labute approximate surface area is 144 Å². The average Bonchev–Trinajstić information content (AvgIpc) is 2.99. The quantitative estimate of drug-likeness (QED) is 0.512. The molecule has 1 aromatic rings. The van der Waals surface area contributed by atoms with Gasteiger partial charge in [0.1, 0.15) is 0 Å². The predicted octanol–water partition coefficient (Wildman–Crippen LogP) is 2.39. The van der Waals surface area contributed by atoms with E-state index in [9.17, 15) is 4.79 Å². The van der Waals surface area contributed by atoms with E-state index in [-0.39, 0.29) is 5.56 Å². The number of aliphatic imine (C=N–C) groups is 1. The molecule has 5 nitrogen and oxygen atoms in total. The summed E-state index contributed by atoms with van der Waals surface area (Å²) in [5.41, 5.74) is 1.74. The summed E-state index contributed by atoms with van der Waals surface area (Å²) in [6, 6.07) is 5.45. The van der Waals surface area contributed by atoms with Gasteiger partial charge >= 0.3 is 0 Å². The fraction of sp³-hybridized carbons (Fsp3) is 0.684. The van der Waals surface area contributed by atoms with E-state index in [1.54, 1.807) is 6.07 Å². The number of nitrogens with zero attached hydrogens (tertiary/aromatic N) is 3. The maximum absolute atomic E-state index is 11.8. The van der Waals surface area contributed by atoms with Gasteiger partial charge in [-0.3, -0.25) is 9.79 Å². The van der Waals surface area contributed by atoms with Crippen molar-refractivity contribution in [3.05, 3.63) is 34.2 Å². The monoisotopic (exact) mass is 330 g/mol. The molecule has 132 valence electrons. The first kappa shape index (κ1) is 17.1. The molecule has 2 heterocycles. The van der Waals surface area contributed by atoms with Crippen LogP contribution >= 0.6 is 0 Å². The zero-order valence-corrected chi connectivity index (χ0v) is 15.1. The van der Waals surface area contributed by atoms with E-state index in [0.29, 0.717) is 5.41 Å². The second kappa shape index (κ2) is 7.41. The standard InChI is InChI=1S/C19H30N4O/c1-16-7-5-8-17(24)23(16)13-4-3-12-21-18(20-2)22-14-11-19(15-22)9-6-10-19/h5,7-8H,3-4,6,9-15H2,1-2H3,(H,20,21). The molecule has 1 spiro atoms. The van der Waals surface area contributed by atoms with Crippen LogP contribution in [0.4, 0.5) is 0 Å². The van der Waals surface area contributed by atoms with Crippen molar-refractivity contribution in [2.75, 3.05) is 26.7 Å². The Bertz CT molecular complexity index is 645. The molecular weight excluding hydrogens is 300 g/mol. The Morgan fingerprint density at radius 3 is 2.75 bits per heavy atom. The van der Waals surface area contributed by atoms with E-state index in [1.165, 1.54) is 32.2 Å². The molecule has 0 atom stereocenters. The van der Waals surface area contributed by atoms with E-state index in [1.807, 2.05) is 30.7 Å². The lowest BCUT2D eigenvalue weighted by atomic mass is 9.68. The molecule has 2 fully saturated rings. The van der Waals surface area contributed by atoms with Gasteiger partial charge in [0.25, 0.3) is 5.56 Å². The molecule has 0 aromatic carbocycles. The van der Waals surface area contributed by atoms with Gasteiger partial charge < -0.3 is 14.8 Å².